The molecule has 0 aliphatic heterocycles. The molecule has 26 heavy (non-hydrogen) atoms. The van der Waals surface area contributed by atoms with Gasteiger partial charge in [-0.15, -0.1) is 0 Å². The van der Waals surface area contributed by atoms with Gasteiger partial charge in [-0.1, -0.05) is 53.6 Å². The zero-order valence-electron chi connectivity index (χ0n) is 15.5. The van der Waals surface area contributed by atoms with Crippen LogP contribution in [0.1, 0.15) is 30.5 Å². The van der Waals surface area contributed by atoms with Gasteiger partial charge >= 0.3 is 0 Å². The van der Waals surface area contributed by atoms with Crippen LogP contribution in [-0.4, -0.2) is 29.3 Å². The number of rotatable bonds is 7. The fourth-order valence-electron chi connectivity index (χ4n) is 2.72. The van der Waals surface area contributed by atoms with Crippen molar-refractivity contribution < 1.29 is 9.59 Å². The van der Waals surface area contributed by atoms with Gasteiger partial charge in [0, 0.05) is 18.1 Å². The lowest BCUT2D eigenvalue weighted by molar-refractivity contribution is -0.140. The molecule has 1 atom stereocenters. The summed E-state index contributed by atoms with van der Waals surface area (Å²) in [5.41, 5.74) is 2.97. The number of hydrogen-bond donors (Lipinski definition) is 1. The summed E-state index contributed by atoms with van der Waals surface area (Å²) in [5, 5.41) is 3.40. The molecule has 0 aromatic heterocycles. The minimum atomic E-state index is -0.563. The van der Waals surface area contributed by atoms with E-state index in [0.29, 0.717) is 18.1 Å². The maximum atomic E-state index is 12.9. The summed E-state index contributed by atoms with van der Waals surface area (Å²) < 4.78 is 0. The van der Waals surface area contributed by atoms with Gasteiger partial charge in [-0.05, 0) is 44.0 Å². The molecule has 0 aliphatic rings. The molecule has 0 fully saturated rings. The van der Waals surface area contributed by atoms with Crippen LogP contribution in [0.4, 0.5) is 0 Å². The first kappa shape index (κ1) is 20.0. The first-order chi connectivity index (χ1) is 12.4. The number of nitrogens with zero attached hydrogens (tertiary/aromatic N) is 1. The monoisotopic (exact) mass is 372 g/mol. The van der Waals surface area contributed by atoms with Crippen LogP contribution in [0.15, 0.2) is 48.5 Å². The molecule has 2 aromatic rings. The lowest BCUT2D eigenvalue weighted by atomic mass is 10.1. The van der Waals surface area contributed by atoms with Crippen molar-refractivity contribution in [2.45, 2.75) is 39.8 Å². The second-order valence-corrected chi connectivity index (χ2v) is 6.82. The lowest BCUT2D eigenvalue weighted by Gasteiger charge is -2.29. The maximum Gasteiger partial charge on any atom is 0.242 e. The third-order valence-corrected chi connectivity index (χ3v) is 4.47. The minimum absolute atomic E-state index is 0.0902. The minimum Gasteiger partial charge on any atom is -0.355 e. The van der Waals surface area contributed by atoms with E-state index in [1.807, 2.05) is 56.3 Å². The largest absolute Gasteiger partial charge is 0.355 e. The number of benzene rings is 2. The quantitative estimate of drug-likeness (QED) is 0.804. The first-order valence-corrected chi connectivity index (χ1v) is 9.15. The van der Waals surface area contributed by atoms with Gasteiger partial charge in [0.05, 0.1) is 6.42 Å². The molecule has 4 nitrogen and oxygen atoms in total. The Hall–Kier alpha value is -2.33. The van der Waals surface area contributed by atoms with Crippen molar-refractivity contribution in [2.75, 3.05) is 6.54 Å². The lowest BCUT2D eigenvalue weighted by Crippen LogP contribution is -2.48. The van der Waals surface area contributed by atoms with Crippen LogP contribution in [0, 0.1) is 6.92 Å². The summed E-state index contributed by atoms with van der Waals surface area (Å²) in [5.74, 6) is -0.251. The van der Waals surface area contributed by atoms with Crippen LogP contribution in [0.5, 0.6) is 0 Å². The Balaban J connectivity index is 2.21. The van der Waals surface area contributed by atoms with Gasteiger partial charge in [0.25, 0.3) is 0 Å². The Morgan fingerprint density at radius 3 is 2.42 bits per heavy atom. The van der Waals surface area contributed by atoms with E-state index in [0.717, 1.165) is 16.7 Å². The van der Waals surface area contributed by atoms with Crippen molar-refractivity contribution in [3.05, 3.63) is 70.2 Å². The molecule has 2 rings (SSSR count). The zero-order valence-corrected chi connectivity index (χ0v) is 16.2. The number of likely N-dealkylation sites (N-methyl/N-ethyl adjacent to an activating group) is 1. The Bertz CT molecular complexity index is 759. The molecule has 2 aromatic carbocycles. The van der Waals surface area contributed by atoms with E-state index in [2.05, 4.69) is 5.32 Å². The Kier molecular flexibility index (Phi) is 7.22. The van der Waals surface area contributed by atoms with Gasteiger partial charge in [-0.2, -0.15) is 0 Å². The van der Waals surface area contributed by atoms with Crippen LogP contribution in [0.25, 0.3) is 0 Å². The summed E-state index contributed by atoms with van der Waals surface area (Å²) in [6.45, 7) is 6.49. The fourth-order valence-corrected chi connectivity index (χ4v) is 2.93. The molecular formula is C21H25ClN2O2. The molecular weight excluding hydrogens is 348 g/mol. The molecule has 0 saturated carbocycles. The standard InChI is InChI=1S/C21H25ClN2O2/c1-4-23-21(26)16(3)24(14-18-6-5-7-19(22)12-18)20(25)13-17-10-8-15(2)9-11-17/h5-12,16H,4,13-14H2,1-3H3,(H,23,26). The molecule has 0 saturated heterocycles. The summed E-state index contributed by atoms with van der Waals surface area (Å²) in [7, 11) is 0. The smallest absolute Gasteiger partial charge is 0.242 e. The van der Waals surface area contributed by atoms with Crippen molar-refractivity contribution in [1.29, 1.82) is 0 Å². The summed E-state index contributed by atoms with van der Waals surface area (Å²) >= 11 is 6.06. The summed E-state index contributed by atoms with van der Waals surface area (Å²) in [6.07, 6.45) is 0.255. The predicted molar refractivity (Wildman–Crippen MR) is 105 cm³/mol. The van der Waals surface area contributed by atoms with Gasteiger partial charge < -0.3 is 10.2 Å². The van der Waals surface area contributed by atoms with Gasteiger partial charge in [0.1, 0.15) is 6.04 Å². The molecule has 0 aliphatic carbocycles. The summed E-state index contributed by atoms with van der Waals surface area (Å²) in [4.78, 5) is 26.9. The van der Waals surface area contributed by atoms with E-state index >= 15 is 0 Å². The first-order valence-electron chi connectivity index (χ1n) is 8.78. The average Bonchev–Trinajstić information content (AvgIpc) is 2.61. The Morgan fingerprint density at radius 1 is 1.12 bits per heavy atom. The number of carbonyl (C=O) groups is 2. The average molecular weight is 373 g/mol. The third kappa shape index (κ3) is 5.60. The molecule has 0 bridgehead atoms. The van der Waals surface area contributed by atoms with E-state index in [1.165, 1.54) is 0 Å². The van der Waals surface area contributed by atoms with Crippen molar-refractivity contribution in [1.82, 2.24) is 10.2 Å². The van der Waals surface area contributed by atoms with Gasteiger partial charge in [-0.25, -0.2) is 0 Å². The fraction of sp³-hybridized carbons (Fsp3) is 0.333. The number of carbonyl (C=O) groups excluding carboxylic acids is 2. The van der Waals surface area contributed by atoms with E-state index in [9.17, 15) is 9.59 Å². The normalized spacial score (nSPS) is 11.7. The highest BCUT2D eigenvalue weighted by molar-refractivity contribution is 6.30. The molecule has 1 N–H and O–H groups in total. The van der Waals surface area contributed by atoms with Gasteiger partial charge in [-0.3, -0.25) is 9.59 Å². The van der Waals surface area contributed by atoms with Crippen LogP contribution in [0.3, 0.4) is 0 Å². The van der Waals surface area contributed by atoms with E-state index < -0.39 is 6.04 Å². The number of nitrogens with one attached hydrogen (secondary N) is 1. The number of amides is 2. The molecule has 1 unspecified atom stereocenters. The molecule has 5 heteroatoms. The van der Waals surface area contributed by atoms with Crippen LogP contribution in [-0.2, 0) is 22.6 Å². The summed E-state index contributed by atoms with van der Waals surface area (Å²) in [6, 6.07) is 14.7. The highest BCUT2D eigenvalue weighted by Crippen LogP contribution is 2.16. The highest BCUT2D eigenvalue weighted by atomic mass is 35.5. The maximum absolute atomic E-state index is 12.9. The van der Waals surface area contributed by atoms with E-state index in [1.54, 1.807) is 17.9 Å². The van der Waals surface area contributed by atoms with Gasteiger partial charge in [0.2, 0.25) is 11.8 Å². The molecule has 0 spiro atoms. The number of halogens is 1. The third-order valence-electron chi connectivity index (χ3n) is 4.24. The predicted octanol–water partition coefficient (Wildman–Crippen LogP) is 3.74. The molecule has 2 amide bonds. The second-order valence-electron chi connectivity index (χ2n) is 6.38. The van der Waals surface area contributed by atoms with Crippen LogP contribution < -0.4 is 5.32 Å². The SMILES string of the molecule is CCNC(=O)C(C)N(Cc1cccc(Cl)c1)C(=O)Cc1ccc(C)cc1. The topological polar surface area (TPSA) is 49.4 Å². The number of aryl methyl sites for hydroxylation is 1. The van der Waals surface area contributed by atoms with Crippen LogP contribution in [0.2, 0.25) is 5.02 Å². The van der Waals surface area contributed by atoms with E-state index in [4.69, 9.17) is 11.6 Å². The Morgan fingerprint density at radius 2 is 1.81 bits per heavy atom. The van der Waals surface area contributed by atoms with Crippen molar-refractivity contribution in [2.24, 2.45) is 0 Å². The number of hydrogen-bond acceptors (Lipinski definition) is 2. The zero-order chi connectivity index (χ0) is 19.1. The van der Waals surface area contributed by atoms with Crippen molar-refractivity contribution in [3.63, 3.8) is 0 Å². The van der Waals surface area contributed by atoms with Gasteiger partial charge in [0.15, 0.2) is 0 Å². The van der Waals surface area contributed by atoms with Crippen molar-refractivity contribution >= 4 is 23.4 Å². The Labute approximate surface area is 160 Å². The van der Waals surface area contributed by atoms with Crippen molar-refractivity contribution in [3.8, 4) is 0 Å². The van der Waals surface area contributed by atoms with Crippen LogP contribution >= 0.6 is 11.6 Å². The molecule has 0 radical (unpaired) electrons. The second kappa shape index (κ2) is 9.39. The highest BCUT2D eigenvalue weighted by Gasteiger charge is 2.25. The molecule has 138 valence electrons. The van der Waals surface area contributed by atoms with E-state index in [-0.39, 0.29) is 18.2 Å². The molecule has 0 heterocycles.